The van der Waals surface area contributed by atoms with E-state index in [4.69, 9.17) is 17.3 Å². The lowest BCUT2D eigenvalue weighted by Gasteiger charge is -2.36. The average molecular weight is 367 g/mol. The number of carbonyl (C=O) groups excluding carboxylic acids is 2. The molecular weight excluding hydrogens is 340 g/mol. The Labute approximate surface area is 154 Å². The second-order valence-electron chi connectivity index (χ2n) is 6.48. The molecule has 0 bridgehead atoms. The molecule has 1 aliphatic heterocycles. The molecule has 25 heavy (non-hydrogen) atoms. The molecule has 0 aromatic heterocycles. The minimum atomic E-state index is -0.572. The quantitative estimate of drug-likeness (QED) is 0.799. The van der Waals surface area contributed by atoms with Gasteiger partial charge in [-0.3, -0.25) is 9.59 Å². The zero-order valence-corrected chi connectivity index (χ0v) is 15.6. The van der Waals surface area contributed by atoms with E-state index in [0.717, 1.165) is 25.2 Å². The van der Waals surface area contributed by atoms with E-state index in [9.17, 15) is 9.59 Å². The lowest BCUT2D eigenvalue weighted by atomic mass is 9.99. The van der Waals surface area contributed by atoms with Gasteiger partial charge in [0.15, 0.2) is 0 Å². The molecule has 6 nitrogen and oxygen atoms in total. The van der Waals surface area contributed by atoms with Crippen LogP contribution in [0.5, 0.6) is 0 Å². The second kappa shape index (κ2) is 9.06. The van der Waals surface area contributed by atoms with Gasteiger partial charge in [0.1, 0.15) is 0 Å². The fourth-order valence-electron chi connectivity index (χ4n) is 2.79. The van der Waals surface area contributed by atoms with Crippen molar-refractivity contribution in [3.8, 4) is 0 Å². The van der Waals surface area contributed by atoms with Crippen molar-refractivity contribution in [2.24, 2.45) is 11.7 Å². The van der Waals surface area contributed by atoms with Crippen molar-refractivity contribution >= 4 is 29.1 Å². The van der Waals surface area contributed by atoms with Crippen LogP contribution in [0.4, 0.5) is 5.69 Å². The molecule has 0 spiro atoms. The number of nitrogens with zero attached hydrogens (tertiary/aromatic N) is 2. The van der Waals surface area contributed by atoms with Crippen LogP contribution in [-0.4, -0.2) is 55.5 Å². The molecule has 1 saturated heterocycles. The Morgan fingerprint density at radius 1 is 1.28 bits per heavy atom. The summed E-state index contributed by atoms with van der Waals surface area (Å²) in [4.78, 5) is 28.2. The molecule has 1 heterocycles. The molecule has 1 aromatic rings. The van der Waals surface area contributed by atoms with E-state index in [0.29, 0.717) is 18.1 Å². The Kier molecular flexibility index (Phi) is 7.08. The van der Waals surface area contributed by atoms with Crippen LogP contribution in [-0.2, 0) is 9.59 Å². The molecule has 2 rings (SSSR count). The number of hydrogen-bond acceptors (Lipinski definition) is 4. The smallest absolute Gasteiger partial charge is 0.242 e. The Morgan fingerprint density at radius 2 is 1.96 bits per heavy atom. The Hall–Kier alpha value is -1.79. The summed E-state index contributed by atoms with van der Waals surface area (Å²) in [5.74, 6) is -0.243. The van der Waals surface area contributed by atoms with Crippen LogP contribution in [0.1, 0.15) is 20.3 Å². The summed E-state index contributed by atoms with van der Waals surface area (Å²) in [6, 6.07) is 7.13. The molecule has 7 heteroatoms. The number of amides is 2. The van der Waals surface area contributed by atoms with Gasteiger partial charge in [-0.15, -0.1) is 0 Å². The van der Waals surface area contributed by atoms with Crippen molar-refractivity contribution in [2.45, 2.75) is 26.3 Å². The van der Waals surface area contributed by atoms with Crippen LogP contribution in [0.15, 0.2) is 24.3 Å². The van der Waals surface area contributed by atoms with Crippen molar-refractivity contribution < 1.29 is 9.59 Å². The summed E-state index contributed by atoms with van der Waals surface area (Å²) in [5.41, 5.74) is 6.94. The first-order chi connectivity index (χ1) is 11.9. The molecule has 138 valence electrons. The van der Waals surface area contributed by atoms with Crippen molar-refractivity contribution in [3.63, 3.8) is 0 Å². The highest BCUT2D eigenvalue weighted by atomic mass is 35.5. The number of halogens is 1. The standard InChI is InChI=1S/C18H27ClN4O2/c1-3-13(2)17(20)18(25)21-12-16(24)23-9-7-22(8-10-23)15-6-4-5-14(19)11-15/h4-6,11,13,17H,3,7-10,12,20H2,1-2H3,(H,21,25). The molecule has 1 aliphatic rings. The third kappa shape index (κ3) is 5.34. The predicted octanol–water partition coefficient (Wildman–Crippen LogP) is 1.48. The summed E-state index contributed by atoms with van der Waals surface area (Å²) in [6.45, 7) is 6.65. The highest BCUT2D eigenvalue weighted by molar-refractivity contribution is 6.30. The van der Waals surface area contributed by atoms with E-state index in [1.807, 2.05) is 38.1 Å². The molecule has 1 fully saturated rings. The minimum Gasteiger partial charge on any atom is -0.368 e. The SMILES string of the molecule is CCC(C)C(N)C(=O)NCC(=O)N1CCN(c2cccc(Cl)c2)CC1. The van der Waals surface area contributed by atoms with Crippen molar-refractivity contribution in [2.75, 3.05) is 37.6 Å². The van der Waals surface area contributed by atoms with Gasteiger partial charge in [0.2, 0.25) is 11.8 Å². The third-order valence-corrected chi connectivity index (χ3v) is 5.01. The maximum Gasteiger partial charge on any atom is 0.242 e. The van der Waals surface area contributed by atoms with E-state index in [-0.39, 0.29) is 24.3 Å². The lowest BCUT2D eigenvalue weighted by Crippen LogP contribution is -2.53. The monoisotopic (exact) mass is 366 g/mol. The van der Waals surface area contributed by atoms with Gasteiger partial charge in [0.25, 0.3) is 0 Å². The van der Waals surface area contributed by atoms with Crippen LogP contribution in [0.3, 0.4) is 0 Å². The third-order valence-electron chi connectivity index (χ3n) is 4.78. The Balaban J connectivity index is 1.78. The molecule has 1 aromatic carbocycles. The number of nitrogens with one attached hydrogen (secondary N) is 1. The van der Waals surface area contributed by atoms with Gasteiger partial charge in [0.05, 0.1) is 12.6 Å². The number of nitrogens with two attached hydrogens (primary N) is 1. The molecule has 2 unspecified atom stereocenters. The molecule has 0 radical (unpaired) electrons. The molecular formula is C18H27ClN4O2. The Morgan fingerprint density at radius 3 is 2.56 bits per heavy atom. The molecule has 3 N–H and O–H groups in total. The van der Waals surface area contributed by atoms with Crippen LogP contribution >= 0.6 is 11.6 Å². The maximum absolute atomic E-state index is 12.3. The highest BCUT2D eigenvalue weighted by Gasteiger charge is 2.24. The van der Waals surface area contributed by atoms with Gasteiger partial charge in [-0.05, 0) is 24.1 Å². The van der Waals surface area contributed by atoms with Crippen molar-refractivity contribution in [3.05, 3.63) is 29.3 Å². The number of rotatable bonds is 6. The van der Waals surface area contributed by atoms with E-state index in [2.05, 4.69) is 10.2 Å². The van der Waals surface area contributed by atoms with Gasteiger partial charge in [0, 0.05) is 36.9 Å². The van der Waals surface area contributed by atoms with Crippen LogP contribution in [0.2, 0.25) is 5.02 Å². The normalized spacial score (nSPS) is 17.1. The van der Waals surface area contributed by atoms with Crippen molar-refractivity contribution in [1.82, 2.24) is 10.2 Å². The number of carbonyl (C=O) groups is 2. The Bertz CT molecular complexity index is 602. The fraction of sp³-hybridized carbons (Fsp3) is 0.556. The highest BCUT2D eigenvalue weighted by Crippen LogP contribution is 2.20. The van der Waals surface area contributed by atoms with E-state index < -0.39 is 6.04 Å². The molecule has 0 saturated carbocycles. The zero-order valence-electron chi connectivity index (χ0n) is 14.9. The maximum atomic E-state index is 12.3. The van der Waals surface area contributed by atoms with E-state index in [1.54, 1.807) is 4.90 Å². The first-order valence-corrected chi connectivity index (χ1v) is 9.11. The number of piperazine rings is 1. The minimum absolute atomic E-state index is 0.000132. The van der Waals surface area contributed by atoms with Gasteiger partial charge in [-0.1, -0.05) is 37.9 Å². The zero-order chi connectivity index (χ0) is 18.4. The summed E-state index contributed by atoms with van der Waals surface area (Å²) in [5, 5.41) is 3.36. The predicted molar refractivity (Wildman–Crippen MR) is 101 cm³/mol. The molecule has 0 aliphatic carbocycles. The molecule has 2 amide bonds. The number of anilines is 1. The average Bonchev–Trinajstić information content (AvgIpc) is 2.64. The van der Waals surface area contributed by atoms with Gasteiger partial charge >= 0.3 is 0 Å². The summed E-state index contributed by atoms with van der Waals surface area (Å²) in [7, 11) is 0. The number of benzene rings is 1. The summed E-state index contributed by atoms with van der Waals surface area (Å²) in [6.07, 6.45) is 0.827. The largest absolute Gasteiger partial charge is 0.368 e. The van der Waals surface area contributed by atoms with Gasteiger partial charge in [-0.25, -0.2) is 0 Å². The first-order valence-electron chi connectivity index (χ1n) is 8.74. The lowest BCUT2D eigenvalue weighted by molar-refractivity contribution is -0.133. The topological polar surface area (TPSA) is 78.7 Å². The van der Waals surface area contributed by atoms with Crippen molar-refractivity contribution in [1.29, 1.82) is 0 Å². The summed E-state index contributed by atoms with van der Waals surface area (Å²) >= 11 is 6.03. The van der Waals surface area contributed by atoms with Crippen LogP contribution in [0, 0.1) is 5.92 Å². The summed E-state index contributed by atoms with van der Waals surface area (Å²) < 4.78 is 0. The first kappa shape index (κ1) is 19.5. The van der Waals surface area contributed by atoms with E-state index >= 15 is 0 Å². The van der Waals surface area contributed by atoms with E-state index in [1.165, 1.54) is 0 Å². The van der Waals surface area contributed by atoms with Gasteiger partial charge < -0.3 is 20.9 Å². The second-order valence-corrected chi connectivity index (χ2v) is 6.91. The molecule has 2 atom stereocenters. The fourth-order valence-corrected chi connectivity index (χ4v) is 2.98. The number of hydrogen-bond donors (Lipinski definition) is 2. The van der Waals surface area contributed by atoms with Crippen LogP contribution in [0.25, 0.3) is 0 Å². The van der Waals surface area contributed by atoms with Gasteiger partial charge in [-0.2, -0.15) is 0 Å². The van der Waals surface area contributed by atoms with Crippen LogP contribution < -0.4 is 16.0 Å².